The Hall–Kier alpha value is -2.38. The molecule has 1 aromatic carbocycles. The van der Waals surface area contributed by atoms with Crippen molar-refractivity contribution in [3.05, 3.63) is 40.8 Å². The Bertz CT molecular complexity index is 596. The Kier molecular flexibility index (Phi) is 6.55. The van der Waals surface area contributed by atoms with Crippen molar-refractivity contribution in [2.75, 3.05) is 13.2 Å². The van der Waals surface area contributed by atoms with Gasteiger partial charge in [0.1, 0.15) is 0 Å². The number of ether oxygens (including phenoxy) is 2. The van der Waals surface area contributed by atoms with E-state index in [1.54, 1.807) is 26.8 Å². The first-order valence-corrected chi connectivity index (χ1v) is 6.75. The van der Waals surface area contributed by atoms with Gasteiger partial charge < -0.3 is 25.4 Å². The predicted molar refractivity (Wildman–Crippen MR) is 82.3 cm³/mol. The number of hydrogen-bond donors (Lipinski definition) is 1. The molecule has 1 rings (SSSR count). The molecule has 0 radical (unpaired) electrons. The number of rotatable bonds is 7. The molecule has 0 bridgehead atoms. The molecule has 1 aromatic rings. The number of hydrogen-bond acceptors (Lipinski definition) is 5. The average molecular weight is 308 g/mol. The molecule has 7 heteroatoms. The quantitative estimate of drug-likeness (QED) is 0.205. The molecule has 22 heavy (non-hydrogen) atoms. The van der Waals surface area contributed by atoms with Gasteiger partial charge in [-0.1, -0.05) is 12.6 Å². The van der Waals surface area contributed by atoms with Crippen LogP contribution >= 0.6 is 0 Å². The van der Waals surface area contributed by atoms with Crippen molar-refractivity contribution in [3.8, 4) is 5.75 Å². The van der Waals surface area contributed by atoms with Gasteiger partial charge in [0, 0.05) is 18.6 Å². The first kappa shape index (κ1) is 17.7. The third-order valence-corrected chi connectivity index (χ3v) is 2.93. The number of quaternary nitrogens is 1. The second kappa shape index (κ2) is 8.16. The highest BCUT2D eigenvalue weighted by Crippen LogP contribution is 2.32. The number of esters is 1. The normalized spacial score (nSPS) is 11.6. The van der Waals surface area contributed by atoms with Crippen LogP contribution in [0.1, 0.15) is 20.8 Å². The zero-order valence-electron chi connectivity index (χ0n) is 12.9. The summed E-state index contributed by atoms with van der Waals surface area (Å²) in [5, 5.41) is 23.6. The van der Waals surface area contributed by atoms with E-state index in [0.29, 0.717) is 21.5 Å². The van der Waals surface area contributed by atoms with Gasteiger partial charge in [-0.3, -0.25) is 0 Å². The summed E-state index contributed by atoms with van der Waals surface area (Å²) in [7, 11) is 0. The van der Waals surface area contributed by atoms with Crippen LogP contribution in [0.5, 0.6) is 5.75 Å². The summed E-state index contributed by atoms with van der Waals surface area (Å²) in [6.07, 6.45) is 0. The highest BCUT2D eigenvalue weighted by Gasteiger charge is 2.22. The lowest BCUT2D eigenvalue weighted by Gasteiger charge is -2.14. The fraction of sp³-hybridized carbons (Fsp3) is 0.333. The Balaban J connectivity index is 3.21. The lowest BCUT2D eigenvalue weighted by molar-refractivity contribution is -0.505. The molecule has 0 aromatic heterocycles. The van der Waals surface area contributed by atoms with Crippen LogP contribution in [0.15, 0.2) is 30.4 Å². The van der Waals surface area contributed by atoms with Gasteiger partial charge in [0.2, 0.25) is 5.69 Å². The second-order valence-corrected chi connectivity index (χ2v) is 4.57. The molecule has 0 heterocycles. The molecule has 0 unspecified atom stereocenters. The molecule has 0 atom stereocenters. The fourth-order valence-electron chi connectivity index (χ4n) is 1.65. The fourth-order valence-corrected chi connectivity index (χ4v) is 1.65. The standard InChI is InChI=1S/C15H20N2O5/c1-5-21-14(18)9-22-13-8-6-7-12(16-19)15(13)17(20)11(4)10(2)3/h6-8H,2,5,9,16H2,1,3-4H3/b17-11+. The highest BCUT2D eigenvalue weighted by molar-refractivity contribution is 5.94. The third-order valence-electron chi connectivity index (χ3n) is 2.93. The van der Waals surface area contributed by atoms with Crippen molar-refractivity contribution in [3.63, 3.8) is 0 Å². The number of nitrogens with two attached hydrogens (primary N) is 1. The summed E-state index contributed by atoms with van der Waals surface area (Å²) in [6.45, 7) is 8.55. The zero-order chi connectivity index (χ0) is 16.7. The number of para-hydroxylation sites is 1. The summed E-state index contributed by atoms with van der Waals surface area (Å²) in [6, 6.07) is 4.58. The van der Waals surface area contributed by atoms with Crippen LogP contribution in [-0.2, 0) is 9.53 Å². The number of carbonyl (C=O) groups is 1. The van der Waals surface area contributed by atoms with Crippen LogP contribution in [0.2, 0.25) is 0 Å². The van der Waals surface area contributed by atoms with Gasteiger partial charge in [0.15, 0.2) is 18.1 Å². The van der Waals surface area contributed by atoms with Crippen LogP contribution in [-0.4, -0.2) is 29.6 Å². The number of allylic oxidation sites excluding steroid dienone is 1. The average Bonchev–Trinajstić information content (AvgIpc) is 2.51. The summed E-state index contributed by atoms with van der Waals surface area (Å²) < 4.78 is 10.7. The topological polar surface area (TPSA) is 101 Å². The predicted octanol–water partition coefficient (Wildman–Crippen LogP) is 1.50. The number of carbonyl (C=O) groups excluding carboxylic acids is 1. The van der Waals surface area contributed by atoms with Crippen LogP contribution < -0.4 is 10.2 Å². The second-order valence-electron chi connectivity index (χ2n) is 4.57. The van der Waals surface area contributed by atoms with E-state index < -0.39 is 5.97 Å². The molecule has 120 valence electrons. The van der Waals surface area contributed by atoms with Crippen molar-refractivity contribution in [1.82, 2.24) is 0 Å². The maximum absolute atomic E-state index is 12.4. The van der Waals surface area contributed by atoms with Crippen molar-refractivity contribution in [1.29, 1.82) is 0 Å². The monoisotopic (exact) mass is 308 g/mol. The molecule has 0 amide bonds. The molecular weight excluding hydrogens is 288 g/mol. The largest absolute Gasteiger partial charge is 0.630 e. The minimum Gasteiger partial charge on any atom is -0.630 e. The molecule has 0 aliphatic carbocycles. The van der Waals surface area contributed by atoms with E-state index in [0.717, 1.165) is 0 Å². The maximum Gasteiger partial charge on any atom is 0.344 e. The number of benzene rings is 1. The van der Waals surface area contributed by atoms with Gasteiger partial charge in [-0.2, -0.15) is 4.74 Å². The van der Waals surface area contributed by atoms with Crippen molar-refractivity contribution in [2.45, 2.75) is 20.8 Å². The van der Waals surface area contributed by atoms with Crippen LogP contribution in [0.25, 0.3) is 0 Å². The smallest absolute Gasteiger partial charge is 0.344 e. The van der Waals surface area contributed by atoms with E-state index in [1.807, 2.05) is 0 Å². The van der Waals surface area contributed by atoms with Gasteiger partial charge in [0.25, 0.3) is 0 Å². The maximum atomic E-state index is 12.4. The molecule has 0 saturated carbocycles. The molecule has 0 saturated heterocycles. The summed E-state index contributed by atoms with van der Waals surface area (Å²) in [4.78, 5) is 11.4. The van der Waals surface area contributed by atoms with Gasteiger partial charge in [-0.05, 0) is 19.9 Å². The summed E-state index contributed by atoms with van der Waals surface area (Å²) >= 11 is 0. The van der Waals surface area contributed by atoms with E-state index in [9.17, 15) is 15.2 Å². The van der Waals surface area contributed by atoms with Crippen molar-refractivity contribution >= 4 is 23.1 Å². The van der Waals surface area contributed by atoms with E-state index in [-0.39, 0.29) is 30.3 Å². The first-order valence-electron chi connectivity index (χ1n) is 6.75. The highest BCUT2D eigenvalue weighted by atomic mass is 16.6. The lowest BCUT2D eigenvalue weighted by Crippen LogP contribution is -2.70. The Morgan fingerprint density at radius 3 is 2.64 bits per heavy atom. The SMILES string of the molecule is C=C(C)/C(C)=[N+](/[O-])c1c([NH2+][O-])cccc1OCC(=O)OCC. The van der Waals surface area contributed by atoms with Crippen molar-refractivity contribution in [2.24, 2.45) is 0 Å². The summed E-state index contributed by atoms with van der Waals surface area (Å²) in [5.74, 6) is -0.420. The zero-order valence-corrected chi connectivity index (χ0v) is 12.9. The lowest BCUT2D eigenvalue weighted by atomic mass is 10.2. The third kappa shape index (κ3) is 4.31. The minimum atomic E-state index is -0.553. The first-order chi connectivity index (χ1) is 10.4. The molecule has 0 aliphatic rings. The molecule has 0 spiro atoms. The van der Waals surface area contributed by atoms with E-state index in [4.69, 9.17) is 9.47 Å². The Morgan fingerprint density at radius 2 is 2.09 bits per heavy atom. The van der Waals surface area contributed by atoms with E-state index in [2.05, 4.69) is 6.58 Å². The van der Waals surface area contributed by atoms with E-state index >= 15 is 0 Å². The van der Waals surface area contributed by atoms with Crippen LogP contribution in [0, 0.1) is 10.4 Å². The van der Waals surface area contributed by atoms with Gasteiger partial charge in [0.05, 0.1) is 6.61 Å². The molecule has 7 nitrogen and oxygen atoms in total. The van der Waals surface area contributed by atoms with Gasteiger partial charge >= 0.3 is 11.7 Å². The molecule has 0 aliphatic heterocycles. The van der Waals surface area contributed by atoms with Gasteiger partial charge in [-0.25, -0.2) is 4.79 Å². The minimum absolute atomic E-state index is 0.0438. The van der Waals surface area contributed by atoms with Gasteiger partial charge in [-0.15, -0.1) is 0 Å². The summed E-state index contributed by atoms with van der Waals surface area (Å²) in [5.41, 5.74) is 1.67. The molecule has 2 N–H and O–H groups in total. The number of nitrogens with zero attached hydrogens (tertiary/aromatic N) is 1. The van der Waals surface area contributed by atoms with Crippen molar-refractivity contribution < 1.29 is 24.5 Å². The Labute approximate surface area is 129 Å². The van der Waals surface area contributed by atoms with E-state index in [1.165, 1.54) is 12.1 Å². The Morgan fingerprint density at radius 1 is 1.41 bits per heavy atom. The van der Waals surface area contributed by atoms with Crippen LogP contribution in [0.4, 0.5) is 11.4 Å². The van der Waals surface area contributed by atoms with Crippen LogP contribution in [0.3, 0.4) is 0 Å². The molecule has 0 fully saturated rings. The molecular formula is C15H20N2O5.